The van der Waals surface area contributed by atoms with Crippen LogP contribution in [0.15, 0.2) is 0 Å². The van der Waals surface area contributed by atoms with E-state index in [2.05, 4.69) is 18.8 Å². The molecule has 1 aliphatic heterocycles. The van der Waals surface area contributed by atoms with Crippen LogP contribution in [0.3, 0.4) is 0 Å². The number of nitrogen functional groups attached to an aromatic ring is 1. The number of nitrogens with two attached hydrogens (primary N) is 1. The molecule has 1 fully saturated rings. The van der Waals surface area contributed by atoms with Crippen molar-refractivity contribution in [2.45, 2.75) is 31.9 Å². The molecule has 0 aromatic carbocycles. The number of carbonyl (C=O) groups excluding carboxylic acids is 1. The lowest BCUT2D eigenvalue weighted by molar-refractivity contribution is 0.0770. The van der Waals surface area contributed by atoms with E-state index >= 15 is 0 Å². The molecule has 118 valence electrons. The second-order valence-corrected chi connectivity index (χ2v) is 8.65. The predicted molar refractivity (Wildman–Crippen MR) is 92.5 cm³/mol. The number of thioether (sulfide) groups is 1. The van der Waals surface area contributed by atoms with E-state index in [9.17, 15) is 4.79 Å². The molecule has 1 aromatic rings. The Hall–Kier alpha value is -0.950. The maximum absolute atomic E-state index is 12.7. The first-order chi connectivity index (χ1) is 9.84. The lowest BCUT2D eigenvalue weighted by Crippen LogP contribution is -2.33. The first-order valence-corrected chi connectivity index (χ1v) is 9.05. The van der Waals surface area contributed by atoms with Crippen molar-refractivity contribution in [1.29, 1.82) is 0 Å². The molecule has 2 rings (SSSR count). The summed E-state index contributed by atoms with van der Waals surface area (Å²) < 4.78 is 0.238. The molecule has 1 amide bonds. The van der Waals surface area contributed by atoms with Gasteiger partial charge in [0.15, 0.2) is 5.13 Å². The van der Waals surface area contributed by atoms with E-state index in [1.165, 1.54) is 11.3 Å². The van der Waals surface area contributed by atoms with Crippen molar-refractivity contribution >= 4 is 40.0 Å². The quantitative estimate of drug-likeness (QED) is 0.924. The van der Waals surface area contributed by atoms with Crippen LogP contribution >= 0.6 is 23.1 Å². The minimum Gasteiger partial charge on any atom is -0.382 e. The molecule has 0 atom stereocenters. The first kappa shape index (κ1) is 16.4. The average Bonchev–Trinajstić information content (AvgIpc) is 2.72. The monoisotopic (exact) mass is 328 g/mol. The Labute approximate surface area is 134 Å². The van der Waals surface area contributed by atoms with Crippen molar-refractivity contribution in [3.05, 3.63) is 4.88 Å². The molecule has 0 radical (unpaired) electrons. The highest BCUT2D eigenvalue weighted by Gasteiger charge is 2.28. The van der Waals surface area contributed by atoms with Crippen LogP contribution in [-0.4, -0.2) is 53.0 Å². The number of nitrogens with zero attached hydrogens (tertiary/aromatic N) is 3. The normalized spacial score (nSPS) is 18.4. The van der Waals surface area contributed by atoms with E-state index in [1.54, 1.807) is 0 Å². The van der Waals surface area contributed by atoms with E-state index in [1.807, 2.05) is 35.5 Å². The van der Waals surface area contributed by atoms with Crippen LogP contribution in [0.5, 0.6) is 0 Å². The Morgan fingerprint density at radius 1 is 1.48 bits per heavy atom. The third-order valence-corrected chi connectivity index (χ3v) is 6.31. The second-order valence-electron chi connectivity index (χ2n) is 5.88. The van der Waals surface area contributed by atoms with Gasteiger partial charge in [-0.25, -0.2) is 4.98 Å². The second kappa shape index (κ2) is 6.44. The number of hydrogen-bond acceptors (Lipinski definition) is 6. The fourth-order valence-corrected chi connectivity index (χ4v) is 4.22. The Kier molecular flexibility index (Phi) is 5.03. The van der Waals surface area contributed by atoms with Gasteiger partial charge in [-0.3, -0.25) is 4.79 Å². The van der Waals surface area contributed by atoms with Gasteiger partial charge in [0.1, 0.15) is 10.7 Å². The molecule has 1 aromatic heterocycles. The van der Waals surface area contributed by atoms with E-state index in [-0.39, 0.29) is 10.7 Å². The first-order valence-electron chi connectivity index (χ1n) is 7.24. The van der Waals surface area contributed by atoms with Crippen LogP contribution < -0.4 is 10.6 Å². The van der Waals surface area contributed by atoms with Crippen molar-refractivity contribution in [1.82, 2.24) is 9.88 Å². The number of aromatic nitrogens is 1. The zero-order chi connectivity index (χ0) is 15.6. The topological polar surface area (TPSA) is 62.5 Å². The van der Waals surface area contributed by atoms with E-state index in [4.69, 9.17) is 5.73 Å². The smallest absolute Gasteiger partial charge is 0.267 e. The van der Waals surface area contributed by atoms with Crippen molar-refractivity contribution in [2.75, 3.05) is 43.1 Å². The van der Waals surface area contributed by atoms with Gasteiger partial charge < -0.3 is 15.5 Å². The van der Waals surface area contributed by atoms with Crippen LogP contribution in [0.2, 0.25) is 0 Å². The molecule has 2 heterocycles. The van der Waals surface area contributed by atoms with Gasteiger partial charge in [-0.1, -0.05) is 25.2 Å². The van der Waals surface area contributed by atoms with Crippen LogP contribution in [0, 0.1) is 0 Å². The lowest BCUT2D eigenvalue weighted by atomic mass is 10.1. The van der Waals surface area contributed by atoms with Gasteiger partial charge in [0.2, 0.25) is 0 Å². The fraction of sp³-hybridized carbons (Fsp3) is 0.714. The lowest BCUT2D eigenvalue weighted by Gasteiger charge is -2.22. The van der Waals surface area contributed by atoms with Gasteiger partial charge in [0.05, 0.1) is 0 Å². The van der Waals surface area contributed by atoms with Crippen molar-refractivity contribution in [2.24, 2.45) is 0 Å². The van der Waals surface area contributed by atoms with E-state index in [0.717, 1.165) is 36.9 Å². The van der Waals surface area contributed by atoms with Gasteiger partial charge in [0.25, 0.3) is 5.91 Å². The Morgan fingerprint density at radius 2 is 2.19 bits per heavy atom. The summed E-state index contributed by atoms with van der Waals surface area (Å²) in [5.74, 6) is 1.36. The van der Waals surface area contributed by atoms with Crippen LogP contribution in [0.4, 0.5) is 10.9 Å². The summed E-state index contributed by atoms with van der Waals surface area (Å²) in [6.07, 6.45) is 1.00. The molecule has 0 aliphatic carbocycles. The van der Waals surface area contributed by atoms with Gasteiger partial charge in [0, 0.05) is 37.2 Å². The van der Waals surface area contributed by atoms with E-state index in [0.29, 0.717) is 10.7 Å². The zero-order valence-corrected chi connectivity index (χ0v) is 14.8. The summed E-state index contributed by atoms with van der Waals surface area (Å²) in [7, 11) is 1.96. The molecule has 7 heteroatoms. The van der Waals surface area contributed by atoms with Gasteiger partial charge in [-0.15, -0.1) is 0 Å². The molecule has 2 N–H and O–H groups in total. The molecule has 0 unspecified atom stereocenters. The highest BCUT2D eigenvalue weighted by molar-refractivity contribution is 8.00. The Morgan fingerprint density at radius 3 is 2.86 bits per heavy atom. The van der Waals surface area contributed by atoms with E-state index < -0.39 is 0 Å². The fourth-order valence-electron chi connectivity index (χ4n) is 2.14. The molecule has 0 saturated carbocycles. The van der Waals surface area contributed by atoms with Crippen LogP contribution in [-0.2, 0) is 0 Å². The van der Waals surface area contributed by atoms with Crippen molar-refractivity contribution < 1.29 is 4.79 Å². The molecule has 1 aliphatic rings. The maximum Gasteiger partial charge on any atom is 0.267 e. The Bertz CT molecular complexity index is 515. The predicted octanol–water partition coefficient (Wildman–Crippen LogP) is 2.54. The number of hydrogen-bond donors (Lipinski definition) is 1. The van der Waals surface area contributed by atoms with Gasteiger partial charge in [-0.05, 0) is 13.3 Å². The maximum atomic E-state index is 12.7. The number of amides is 1. The minimum atomic E-state index is 0.0269. The molecular weight excluding hydrogens is 304 g/mol. The number of carbonyl (C=O) groups is 1. The van der Waals surface area contributed by atoms with Crippen LogP contribution in [0.25, 0.3) is 0 Å². The zero-order valence-electron chi connectivity index (χ0n) is 13.2. The summed E-state index contributed by atoms with van der Waals surface area (Å²) in [6, 6.07) is 0. The summed E-state index contributed by atoms with van der Waals surface area (Å²) in [6.45, 7) is 8.93. The Balaban J connectivity index is 2.14. The van der Waals surface area contributed by atoms with Gasteiger partial charge >= 0.3 is 0 Å². The third-order valence-electron chi connectivity index (χ3n) is 3.76. The number of rotatable bonds is 3. The number of thiazole rings is 1. The third kappa shape index (κ3) is 3.83. The molecule has 0 spiro atoms. The summed E-state index contributed by atoms with van der Waals surface area (Å²) in [5, 5.41) is 0.808. The molecular formula is C14H24N4OS2. The standard InChI is InChI=1S/C14H24N4OS2/c1-5-17(4)13-16-11(15)10(21-13)12(19)18-7-6-14(2,3)20-9-8-18/h5-9,15H2,1-4H3. The van der Waals surface area contributed by atoms with Gasteiger partial charge in [-0.2, -0.15) is 11.8 Å². The van der Waals surface area contributed by atoms with Crippen molar-refractivity contribution in [3.8, 4) is 0 Å². The summed E-state index contributed by atoms with van der Waals surface area (Å²) in [4.78, 5) is 21.5. The summed E-state index contributed by atoms with van der Waals surface area (Å²) >= 11 is 3.32. The molecule has 21 heavy (non-hydrogen) atoms. The highest BCUT2D eigenvalue weighted by Crippen LogP contribution is 2.33. The van der Waals surface area contributed by atoms with Crippen LogP contribution in [0.1, 0.15) is 36.9 Å². The molecule has 1 saturated heterocycles. The molecule has 0 bridgehead atoms. The SMILES string of the molecule is CCN(C)c1nc(N)c(C(=O)N2CCSC(C)(C)CC2)s1. The molecule has 5 nitrogen and oxygen atoms in total. The number of anilines is 2. The average molecular weight is 329 g/mol. The summed E-state index contributed by atoms with van der Waals surface area (Å²) in [5.41, 5.74) is 5.95. The largest absolute Gasteiger partial charge is 0.382 e. The highest BCUT2D eigenvalue weighted by atomic mass is 32.2. The van der Waals surface area contributed by atoms with Crippen molar-refractivity contribution in [3.63, 3.8) is 0 Å². The minimum absolute atomic E-state index is 0.0269.